The van der Waals surface area contributed by atoms with Gasteiger partial charge in [0.15, 0.2) is 0 Å². The minimum Gasteiger partial charge on any atom is -0.497 e. The van der Waals surface area contributed by atoms with Gasteiger partial charge in [0.05, 0.1) is 17.7 Å². The smallest absolute Gasteiger partial charge is 0.264 e. The number of benzene rings is 3. The third-order valence-corrected chi connectivity index (χ3v) is 9.91. The Morgan fingerprint density at radius 3 is 2.35 bits per heavy atom. The van der Waals surface area contributed by atoms with Crippen molar-refractivity contribution in [1.82, 2.24) is 10.2 Å². The first kappa shape index (κ1) is 32.1. The number of para-hydroxylation sites is 1. The van der Waals surface area contributed by atoms with Crippen molar-refractivity contribution in [1.29, 1.82) is 0 Å². The summed E-state index contributed by atoms with van der Waals surface area (Å²) in [6, 6.07) is 20.4. The number of hydrogen-bond donors (Lipinski definition) is 1. The minimum atomic E-state index is -4.12. The van der Waals surface area contributed by atoms with E-state index in [0.29, 0.717) is 17.9 Å². The summed E-state index contributed by atoms with van der Waals surface area (Å²) in [5, 5.41) is 3.14. The van der Waals surface area contributed by atoms with Crippen LogP contribution >= 0.6 is 0 Å². The lowest BCUT2D eigenvalue weighted by Crippen LogP contribution is -2.53. The van der Waals surface area contributed by atoms with Crippen LogP contribution in [0.4, 0.5) is 5.69 Å². The molecule has 0 aliphatic heterocycles. The van der Waals surface area contributed by atoms with Gasteiger partial charge < -0.3 is 15.0 Å². The lowest BCUT2D eigenvalue weighted by atomic mass is 9.95. The van der Waals surface area contributed by atoms with Gasteiger partial charge in [0.25, 0.3) is 10.0 Å². The molecule has 1 fully saturated rings. The third-order valence-electron chi connectivity index (χ3n) is 8.13. The van der Waals surface area contributed by atoms with Crippen molar-refractivity contribution in [2.75, 3.05) is 18.0 Å². The molecule has 1 N–H and O–H groups in total. The van der Waals surface area contributed by atoms with Crippen molar-refractivity contribution in [3.05, 3.63) is 89.5 Å². The number of nitrogens with zero attached hydrogens (tertiary/aromatic N) is 2. The van der Waals surface area contributed by atoms with E-state index in [-0.39, 0.29) is 23.4 Å². The topological polar surface area (TPSA) is 96.0 Å². The average Bonchev–Trinajstić information content (AvgIpc) is 3.02. The molecule has 0 bridgehead atoms. The van der Waals surface area contributed by atoms with Crippen LogP contribution in [0.15, 0.2) is 77.7 Å². The molecule has 43 heavy (non-hydrogen) atoms. The largest absolute Gasteiger partial charge is 0.497 e. The zero-order chi connectivity index (χ0) is 31.0. The van der Waals surface area contributed by atoms with Crippen molar-refractivity contribution in [2.24, 2.45) is 0 Å². The van der Waals surface area contributed by atoms with E-state index in [9.17, 15) is 18.0 Å². The fourth-order valence-electron chi connectivity index (χ4n) is 5.52. The summed E-state index contributed by atoms with van der Waals surface area (Å²) in [6.45, 7) is 5.20. The number of nitrogens with one attached hydrogen (secondary N) is 1. The number of carbonyl (C=O) groups excluding carboxylic acids is 2. The lowest BCUT2D eigenvalue weighted by molar-refractivity contribution is -0.139. The Bertz CT molecular complexity index is 1500. The second kappa shape index (κ2) is 14.6. The summed E-state index contributed by atoms with van der Waals surface area (Å²) < 4.78 is 34.8. The van der Waals surface area contributed by atoms with Crippen molar-refractivity contribution >= 4 is 27.5 Å². The highest BCUT2D eigenvalue weighted by Crippen LogP contribution is 2.29. The molecular weight excluding hydrogens is 562 g/mol. The van der Waals surface area contributed by atoms with E-state index in [1.165, 1.54) is 9.21 Å². The molecule has 9 heteroatoms. The average molecular weight is 606 g/mol. The Balaban J connectivity index is 1.71. The van der Waals surface area contributed by atoms with Gasteiger partial charge in [-0.25, -0.2) is 8.42 Å². The molecule has 1 aliphatic rings. The van der Waals surface area contributed by atoms with Gasteiger partial charge in [-0.3, -0.25) is 13.9 Å². The Hall–Kier alpha value is -3.85. The zero-order valence-electron chi connectivity index (χ0n) is 25.6. The Kier molecular flexibility index (Phi) is 10.9. The maximum atomic E-state index is 14.3. The SMILES string of the molecule is CCc1ccccc1N(CC(=O)N(Cc1cccc(OC)c1)[C@@H](C)C(=O)NC1CCCCC1)S(=O)(=O)c1ccc(C)cc1. The summed E-state index contributed by atoms with van der Waals surface area (Å²) in [7, 11) is -2.55. The van der Waals surface area contributed by atoms with Gasteiger partial charge in [-0.15, -0.1) is 0 Å². The van der Waals surface area contributed by atoms with E-state index < -0.39 is 28.5 Å². The van der Waals surface area contributed by atoms with Crippen LogP contribution in [0.2, 0.25) is 0 Å². The molecule has 2 amide bonds. The highest BCUT2D eigenvalue weighted by molar-refractivity contribution is 7.92. The number of amides is 2. The molecule has 0 aromatic heterocycles. The first-order chi connectivity index (χ1) is 20.6. The van der Waals surface area contributed by atoms with Gasteiger partial charge in [0, 0.05) is 12.6 Å². The molecular formula is C34H43N3O5S. The molecule has 8 nitrogen and oxygen atoms in total. The Morgan fingerprint density at radius 1 is 0.977 bits per heavy atom. The van der Waals surface area contributed by atoms with Gasteiger partial charge in [0.2, 0.25) is 11.8 Å². The van der Waals surface area contributed by atoms with Gasteiger partial charge in [-0.05, 0) is 74.6 Å². The molecule has 0 spiro atoms. The van der Waals surface area contributed by atoms with Crippen molar-refractivity contribution < 1.29 is 22.7 Å². The van der Waals surface area contributed by atoms with E-state index in [1.807, 2.05) is 50.2 Å². The quantitative estimate of drug-likeness (QED) is 0.289. The fraction of sp³-hybridized carbons (Fsp3) is 0.412. The molecule has 0 unspecified atom stereocenters. The molecule has 3 aromatic rings. The van der Waals surface area contributed by atoms with Crippen molar-refractivity contribution in [3.63, 3.8) is 0 Å². The summed E-state index contributed by atoms with van der Waals surface area (Å²) in [6.07, 6.45) is 5.70. The predicted octanol–water partition coefficient (Wildman–Crippen LogP) is 5.63. The standard InChI is InChI=1S/C34H43N3O5S/c1-5-28-13-9-10-17-32(28)37(43(40,41)31-20-18-25(2)19-21-31)24-33(38)36(23-27-12-11-16-30(22-27)42-4)26(3)34(39)35-29-14-7-6-8-15-29/h9-13,16-22,26,29H,5-8,14-15,23-24H2,1-4H3,(H,35,39)/t26-/m0/s1. The maximum Gasteiger partial charge on any atom is 0.264 e. The highest BCUT2D eigenvalue weighted by Gasteiger charge is 2.34. The molecule has 3 aromatic carbocycles. The summed E-state index contributed by atoms with van der Waals surface area (Å²) in [5.74, 6) is -0.0922. The van der Waals surface area contributed by atoms with E-state index in [2.05, 4.69) is 5.32 Å². The molecule has 230 valence electrons. The number of ether oxygens (including phenoxy) is 1. The summed E-state index contributed by atoms with van der Waals surface area (Å²) >= 11 is 0. The molecule has 1 aliphatic carbocycles. The lowest BCUT2D eigenvalue weighted by Gasteiger charge is -2.33. The van der Waals surface area contributed by atoms with Crippen LogP contribution in [0.25, 0.3) is 0 Å². The molecule has 1 atom stereocenters. The molecule has 0 radical (unpaired) electrons. The first-order valence-corrected chi connectivity index (χ1v) is 16.5. The van der Waals surface area contributed by atoms with E-state index in [1.54, 1.807) is 50.4 Å². The van der Waals surface area contributed by atoms with Crippen LogP contribution < -0.4 is 14.4 Å². The summed E-state index contributed by atoms with van der Waals surface area (Å²) in [4.78, 5) is 29.3. The number of hydrogen-bond acceptors (Lipinski definition) is 5. The second-order valence-electron chi connectivity index (χ2n) is 11.2. The molecule has 0 heterocycles. The minimum absolute atomic E-state index is 0.0762. The van der Waals surface area contributed by atoms with Gasteiger partial charge >= 0.3 is 0 Å². The fourth-order valence-corrected chi connectivity index (χ4v) is 6.97. The van der Waals surface area contributed by atoms with Crippen LogP contribution in [0.5, 0.6) is 5.75 Å². The number of sulfonamides is 1. The van der Waals surface area contributed by atoms with Crippen molar-refractivity contribution in [2.45, 2.75) is 82.8 Å². The predicted molar refractivity (Wildman–Crippen MR) is 170 cm³/mol. The first-order valence-electron chi connectivity index (χ1n) is 15.0. The van der Waals surface area contributed by atoms with Gasteiger partial charge in [-0.1, -0.05) is 74.2 Å². The number of aryl methyl sites for hydroxylation is 2. The monoisotopic (exact) mass is 605 g/mol. The van der Waals surface area contributed by atoms with E-state index in [0.717, 1.165) is 48.8 Å². The van der Waals surface area contributed by atoms with Crippen LogP contribution in [0.1, 0.15) is 62.6 Å². The Labute approximate surface area is 256 Å². The zero-order valence-corrected chi connectivity index (χ0v) is 26.4. The maximum absolute atomic E-state index is 14.3. The van der Waals surface area contributed by atoms with Crippen molar-refractivity contribution in [3.8, 4) is 5.75 Å². The van der Waals surface area contributed by atoms with Crippen LogP contribution in [-0.2, 0) is 32.6 Å². The number of methoxy groups -OCH3 is 1. The number of carbonyl (C=O) groups is 2. The van der Waals surface area contributed by atoms with E-state index >= 15 is 0 Å². The number of rotatable bonds is 12. The van der Waals surface area contributed by atoms with Gasteiger partial charge in [-0.2, -0.15) is 0 Å². The van der Waals surface area contributed by atoms with Gasteiger partial charge in [0.1, 0.15) is 18.3 Å². The van der Waals surface area contributed by atoms with Crippen LogP contribution in [-0.4, -0.2) is 50.9 Å². The molecule has 4 rings (SSSR count). The molecule has 1 saturated carbocycles. The summed E-state index contributed by atoms with van der Waals surface area (Å²) in [5.41, 5.74) is 2.94. The third kappa shape index (κ3) is 7.96. The van der Waals surface area contributed by atoms with Crippen LogP contribution in [0.3, 0.4) is 0 Å². The highest BCUT2D eigenvalue weighted by atomic mass is 32.2. The Morgan fingerprint density at radius 2 is 1.67 bits per heavy atom. The van der Waals surface area contributed by atoms with Crippen LogP contribution in [0, 0.1) is 6.92 Å². The number of anilines is 1. The normalized spacial score (nSPS) is 14.5. The van der Waals surface area contributed by atoms with E-state index in [4.69, 9.17) is 4.74 Å². The molecule has 0 saturated heterocycles. The second-order valence-corrected chi connectivity index (χ2v) is 13.1.